The smallest absolute Gasteiger partial charge is 0.146 e. The maximum absolute atomic E-state index is 12.9. The van der Waals surface area contributed by atoms with Crippen LogP contribution in [0.25, 0.3) is 6.08 Å². The van der Waals surface area contributed by atoms with Crippen LogP contribution in [0.4, 0.5) is 10.1 Å². The third-order valence-corrected chi connectivity index (χ3v) is 1.50. The van der Waals surface area contributed by atoms with Crippen LogP contribution in [0.15, 0.2) is 24.8 Å². The van der Waals surface area contributed by atoms with E-state index < -0.39 is 0 Å². The Bertz CT molecular complexity index is 268. The van der Waals surface area contributed by atoms with Gasteiger partial charge in [0.15, 0.2) is 0 Å². The van der Waals surface area contributed by atoms with E-state index in [-0.39, 0.29) is 5.82 Å². The van der Waals surface area contributed by atoms with Gasteiger partial charge < -0.3 is 5.32 Å². The number of hydrogen-bond acceptors (Lipinski definition) is 1. The minimum Gasteiger partial charge on any atom is -0.386 e. The molecule has 0 fully saturated rings. The lowest BCUT2D eigenvalue weighted by molar-refractivity contribution is 0.631. The van der Waals surface area contributed by atoms with Crippen LogP contribution in [0.1, 0.15) is 5.56 Å². The Morgan fingerprint density at radius 2 is 2.27 bits per heavy atom. The van der Waals surface area contributed by atoms with Gasteiger partial charge in [0.2, 0.25) is 0 Å². The van der Waals surface area contributed by atoms with Crippen molar-refractivity contribution in [1.82, 2.24) is 0 Å². The van der Waals surface area contributed by atoms with Crippen LogP contribution in [0.3, 0.4) is 0 Å². The van der Waals surface area contributed by atoms with E-state index in [0.717, 1.165) is 5.56 Å². The van der Waals surface area contributed by atoms with Gasteiger partial charge in [0.25, 0.3) is 0 Å². The molecule has 1 aromatic carbocycles. The van der Waals surface area contributed by atoms with Crippen LogP contribution in [0.5, 0.6) is 0 Å². The fraction of sp³-hybridized carbons (Fsp3) is 0.111. The molecule has 0 spiro atoms. The van der Waals surface area contributed by atoms with Crippen LogP contribution < -0.4 is 5.32 Å². The van der Waals surface area contributed by atoms with Crippen molar-refractivity contribution < 1.29 is 4.39 Å². The Hall–Kier alpha value is -1.31. The quantitative estimate of drug-likeness (QED) is 0.684. The summed E-state index contributed by atoms with van der Waals surface area (Å²) in [6.07, 6.45) is 1.61. The largest absolute Gasteiger partial charge is 0.386 e. The van der Waals surface area contributed by atoms with Crippen molar-refractivity contribution in [2.75, 3.05) is 12.4 Å². The molecule has 0 bridgehead atoms. The number of benzene rings is 1. The fourth-order valence-electron chi connectivity index (χ4n) is 0.861. The number of hydrogen-bond donors (Lipinski definition) is 1. The zero-order valence-electron chi connectivity index (χ0n) is 6.39. The molecule has 2 heteroatoms. The first-order valence-electron chi connectivity index (χ1n) is 3.37. The molecule has 1 nitrogen and oxygen atoms in total. The summed E-state index contributed by atoms with van der Waals surface area (Å²) in [6.45, 7) is 3.54. The van der Waals surface area contributed by atoms with Gasteiger partial charge in [0, 0.05) is 7.05 Å². The van der Waals surface area contributed by atoms with Crippen LogP contribution in [0, 0.1) is 5.82 Å². The normalized spacial score (nSPS) is 9.27. The Balaban J connectivity index is 3.09. The molecule has 58 valence electrons. The predicted molar refractivity (Wildman–Crippen MR) is 46.0 cm³/mol. The monoisotopic (exact) mass is 151 g/mol. The second kappa shape index (κ2) is 3.19. The molecule has 1 N–H and O–H groups in total. The summed E-state index contributed by atoms with van der Waals surface area (Å²) >= 11 is 0. The fourth-order valence-corrected chi connectivity index (χ4v) is 0.861. The first kappa shape index (κ1) is 7.79. The van der Waals surface area contributed by atoms with Gasteiger partial charge in [-0.05, 0) is 17.7 Å². The Morgan fingerprint density at radius 3 is 2.73 bits per heavy atom. The number of anilines is 1. The van der Waals surface area contributed by atoms with Crippen LogP contribution in [0.2, 0.25) is 0 Å². The van der Waals surface area contributed by atoms with Crippen molar-refractivity contribution in [1.29, 1.82) is 0 Å². The molecule has 0 saturated carbocycles. The Kier molecular flexibility index (Phi) is 2.26. The second-order valence-electron chi connectivity index (χ2n) is 2.19. The molecule has 0 unspecified atom stereocenters. The first-order chi connectivity index (χ1) is 5.27. The van der Waals surface area contributed by atoms with E-state index in [1.807, 2.05) is 6.07 Å². The summed E-state index contributed by atoms with van der Waals surface area (Å²) < 4.78 is 12.9. The second-order valence-corrected chi connectivity index (χ2v) is 2.19. The number of halogens is 1. The molecule has 0 aliphatic rings. The van der Waals surface area contributed by atoms with E-state index in [1.165, 1.54) is 6.07 Å². The van der Waals surface area contributed by atoms with Crippen molar-refractivity contribution in [3.63, 3.8) is 0 Å². The van der Waals surface area contributed by atoms with Gasteiger partial charge in [-0.2, -0.15) is 0 Å². The molecule has 0 aliphatic heterocycles. The van der Waals surface area contributed by atoms with Gasteiger partial charge in [-0.25, -0.2) is 4.39 Å². The molecule has 0 radical (unpaired) electrons. The lowest BCUT2D eigenvalue weighted by atomic mass is 10.2. The Labute approximate surface area is 65.6 Å². The van der Waals surface area contributed by atoms with E-state index in [0.29, 0.717) is 5.69 Å². The van der Waals surface area contributed by atoms with E-state index >= 15 is 0 Å². The molecule has 0 amide bonds. The van der Waals surface area contributed by atoms with Crippen LogP contribution >= 0.6 is 0 Å². The zero-order valence-corrected chi connectivity index (χ0v) is 6.39. The molecule has 0 atom stereocenters. The van der Waals surface area contributed by atoms with Gasteiger partial charge in [0.05, 0.1) is 5.69 Å². The summed E-state index contributed by atoms with van der Waals surface area (Å²) in [5, 5.41) is 2.74. The van der Waals surface area contributed by atoms with E-state index in [2.05, 4.69) is 11.9 Å². The number of rotatable bonds is 2. The average Bonchev–Trinajstić information content (AvgIpc) is 2.04. The zero-order chi connectivity index (χ0) is 8.27. The lowest BCUT2D eigenvalue weighted by Crippen LogP contribution is -1.91. The van der Waals surface area contributed by atoms with Crippen molar-refractivity contribution in [2.24, 2.45) is 0 Å². The Morgan fingerprint density at radius 1 is 1.55 bits per heavy atom. The first-order valence-corrected chi connectivity index (χ1v) is 3.37. The molecule has 0 saturated heterocycles. The van der Waals surface area contributed by atoms with E-state index in [9.17, 15) is 4.39 Å². The molecule has 1 aromatic rings. The van der Waals surface area contributed by atoms with Gasteiger partial charge in [-0.1, -0.05) is 18.7 Å². The highest BCUT2D eigenvalue weighted by Crippen LogP contribution is 2.15. The summed E-state index contributed by atoms with van der Waals surface area (Å²) in [4.78, 5) is 0. The van der Waals surface area contributed by atoms with Crippen molar-refractivity contribution in [3.05, 3.63) is 36.2 Å². The third kappa shape index (κ3) is 1.58. The topological polar surface area (TPSA) is 12.0 Å². The molecular weight excluding hydrogens is 141 g/mol. The highest BCUT2D eigenvalue weighted by molar-refractivity contribution is 5.54. The van der Waals surface area contributed by atoms with Gasteiger partial charge in [-0.15, -0.1) is 0 Å². The summed E-state index contributed by atoms with van der Waals surface area (Å²) in [5.41, 5.74) is 1.30. The summed E-state index contributed by atoms with van der Waals surface area (Å²) in [7, 11) is 1.69. The van der Waals surface area contributed by atoms with E-state index in [4.69, 9.17) is 0 Å². The van der Waals surface area contributed by atoms with Crippen LogP contribution in [-0.4, -0.2) is 7.05 Å². The van der Waals surface area contributed by atoms with Crippen LogP contribution in [-0.2, 0) is 0 Å². The minimum absolute atomic E-state index is 0.245. The third-order valence-electron chi connectivity index (χ3n) is 1.50. The van der Waals surface area contributed by atoms with Gasteiger partial charge in [-0.3, -0.25) is 0 Å². The molecule has 0 aliphatic carbocycles. The maximum atomic E-state index is 12.9. The summed E-state index contributed by atoms with van der Waals surface area (Å²) in [6, 6.07) is 4.94. The molecule has 0 aromatic heterocycles. The lowest BCUT2D eigenvalue weighted by Gasteiger charge is -2.01. The molecular formula is C9H10FN. The highest BCUT2D eigenvalue weighted by Gasteiger charge is 1.97. The standard InChI is InChI=1S/C9H10FN/c1-3-7-4-5-9(11-2)8(10)6-7/h3-6,11H,1H2,2H3. The van der Waals surface area contributed by atoms with E-state index in [1.54, 1.807) is 19.2 Å². The van der Waals surface area contributed by atoms with Gasteiger partial charge >= 0.3 is 0 Å². The number of nitrogens with one attached hydrogen (secondary N) is 1. The molecule has 11 heavy (non-hydrogen) atoms. The average molecular weight is 151 g/mol. The SMILES string of the molecule is C=Cc1ccc(NC)c(F)c1. The van der Waals surface area contributed by atoms with Crippen molar-refractivity contribution in [2.45, 2.75) is 0 Å². The minimum atomic E-state index is -0.245. The molecule has 0 heterocycles. The van der Waals surface area contributed by atoms with Crippen molar-refractivity contribution >= 4 is 11.8 Å². The van der Waals surface area contributed by atoms with Gasteiger partial charge in [0.1, 0.15) is 5.82 Å². The summed E-state index contributed by atoms with van der Waals surface area (Å²) in [5.74, 6) is -0.245. The highest BCUT2D eigenvalue weighted by atomic mass is 19.1. The maximum Gasteiger partial charge on any atom is 0.146 e. The molecule has 1 rings (SSSR count). The van der Waals surface area contributed by atoms with Crippen molar-refractivity contribution in [3.8, 4) is 0 Å². The predicted octanol–water partition coefficient (Wildman–Crippen LogP) is 2.51.